The Morgan fingerprint density at radius 1 is 1.25 bits per heavy atom. The molecule has 1 unspecified atom stereocenters. The van der Waals surface area contributed by atoms with E-state index in [1.165, 1.54) is 4.70 Å². The molecule has 3 rings (SSSR count). The third-order valence-electron chi connectivity index (χ3n) is 3.65. The highest BCUT2D eigenvalue weighted by molar-refractivity contribution is 7.18. The van der Waals surface area contributed by atoms with Gasteiger partial charge in [-0.2, -0.15) is 0 Å². The summed E-state index contributed by atoms with van der Waals surface area (Å²) in [6.45, 7) is 4.31. The summed E-state index contributed by atoms with van der Waals surface area (Å²) in [5, 5.41) is 3.94. The van der Waals surface area contributed by atoms with Gasteiger partial charge in [0.25, 0.3) is 5.91 Å². The fourth-order valence-corrected chi connectivity index (χ4v) is 3.38. The first-order valence-corrected chi connectivity index (χ1v) is 8.79. The van der Waals surface area contributed by atoms with Crippen molar-refractivity contribution in [2.24, 2.45) is 0 Å². The second-order valence-corrected chi connectivity index (χ2v) is 6.81. The van der Waals surface area contributed by atoms with Gasteiger partial charge in [-0.3, -0.25) is 4.79 Å². The molecule has 1 heterocycles. The summed E-state index contributed by atoms with van der Waals surface area (Å²) < 4.78 is 6.86. The first kappa shape index (κ1) is 16.5. The van der Waals surface area contributed by atoms with E-state index in [9.17, 15) is 4.79 Å². The van der Waals surface area contributed by atoms with Gasteiger partial charge in [-0.15, -0.1) is 11.3 Å². The zero-order valence-corrected chi connectivity index (χ0v) is 14.6. The molecule has 0 aliphatic heterocycles. The summed E-state index contributed by atoms with van der Waals surface area (Å²) >= 11 is 1.67. The van der Waals surface area contributed by atoms with E-state index in [0.717, 1.165) is 22.5 Å². The first-order valence-electron chi connectivity index (χ1n) is 7.97. The third kappa shape index (κ3) is 4.11. The highest BCUT2D eigenvalue weighted by Crippen LogP contribution is 2.21. The summed E-state index contributed by atoms with van der Waals surface area (Å²) in [6, 6.07) is 15.8. The number of amides is 1. The molecule has 0 bridgehead atoms. The van der Waals surface area contributed by atoms with Crippen molar-refractivity contribution in [1.29, 1.82) is 0 Å². The average Bonchev–Trinajstić information content (AvgIpc) is 2.97. The molecular formula is C19H20N2O2S. The van der Waals surface area contributed by atoms with Crippen LogP contribution in [0.4, 0.5) is 0 Å². The van der Waals surface area contributed by atoms with Crippen molar-refractivity contribution in [2.75, 3.05) is 6.54 Å². The maximum atomic E-state index is 12.1. The summed E-state index contributed by atoms with van der Waals surface area (Å²) in [7, 11) is 0. The van der Waals surface area contributed by atoms with Crippen LogP contribution in [-0.4, -0.2) is 23.5 Å². The minimum atomic E-state index is -0.526. The number of fused-ring (bicyclic) bond motifs is 1. The molecule has 0 saturated heterocycles. The van der Waals surface area contributed by atoms with Gasteiger partial charge in [0.2, 0.25) is 0 Å². The van der Waals surface area contributed by atoms with Gasteiger partial charge in [0, 0.05) is 13.0 Å². The van der Waals surface area contributed by atoms with Gasteiger partial charge in [-0.1, -0.05) is 24.3 Å². The van der Waals surface area contributed by atoms with Gasteiger partial charge in [-0.05, 0) is 43.7 Å². The van der Waals surface area contributed by atoms with Crippen molar-refractivity contribution in [3.05, 3.63) is 59.1 Å². The van der Waals surface area contributed by atoms with Crippen molar-refractivity contribution in [1.82, 2.24) is 10.3 Å². The Bertz CT molecular complexity index is 811. The fourth-order valence-electron chi connectivity index (χ4n) is 2.41. The maximum absolute atomic E-state index is 12.1. The minimum absolute atomic E-state index is 0.113. The number of hydrogen-bond acceptors (Lipinski definition) is 4. The number of ether oxygens (including phenoxy) is 1. The van der Waals surface area contributed by atoms with Gasteiger partial charge < -0.3 is 10.1 Å². The van der Waals surface area contributed by atoms with Gasteiger partial charge in [0.15, 0.2) is 6.10 Å². The van der Waals surface area contributed by atoms with Crippen molar-refractivity contribution < 1.29 is 9.53 Å². The molecular weight excluding hydrogens is 320 g/mol. The molecule has 124 valence electrons. The molecule has 1 amide bonds. The van der Waals surface area contributed by atoms with Gasteiger partial charge >= 0.3 is 0 Å². The zero-order chi connectivity index (χ0) is 16.9. The van der Waals surface area contributed by atoms with E-state index in [1.807, 2.05) is 49.4 Å². The minimum Gasteiger partial charge on any atom is -0.481 e. The van der Waals surface area contributed by atoms with Gasteiger partial charge in [-0.25, -0.2) is 4.98 Å². The summed E-state index contributed by atoms with van der Waals surface area (Å²) in [6.07, 6.45) is 0.199. The van der Waals surface area contributed by atoms with Crippen LogP contribution >= 0.6 is 11.3 Å². The van der Waals surface area contributed by atoms with Crippen LogP contribution < -0.4 is 10.1 Å². The lowest BCUT2D eigenvalue weighted by molar-refractivity contribution is -0.127. The summed E-state index contributed by atoms with van der Waals surface area (Å²) in [5.74, 6) is 0.599. The summed E-state index contributed by atoms with van der Waals surface area (Å²) in [5.41, 5.74) is 2.12. The molecule has 3 aromatic rings. The Balaban J connectivity index is 1.49. The van der Waals surface area contributed by atoms with E-state index in [2.05, 4.69) is 16.4 Å². The Kier molecular flexibility index (Phi) is 5.11. The van der Waals surface area contributed by atoms with Crippen LogP contribution in [0, 0.1) is 6.92 Å². The molecule has 0 radical (unpaired) electrons. The van der Waals surface area contributed by atoms with E-state index in [4.69, 9.17) is 4.74 Å². The number of benzene rings is 2. The molecule has 0 fully saturated rings. The maximum Gasteiger partial charge on any atom is 0.260 e. The van der Waals surface area contributed by atoms with E-state index in [0.29, 0.717) is 12.3 Å². The standard InChI is InChI=1S/C19H20N2O2S/c1-13-6-5-7-15(12-13)23-14(2)19(22)20-11-10-18-21-16-8-3-4-9-17(16)24-18/h3-9,12,14H,10-11H2,1-2H3,(H,20,22). The van der Waals surface area contributed by atoms with Gasteiger partial charge in [0.05, 0.1) is 15.2 Å². The number of thiazole rings is 1. The predicted molar refractivity (Wildman–Crippen MR) is 97.6 cm³/mol. The van der Waals surface area contributed by atoms with Crippen molar-refractivity contribution >= 4 is 27.5 Å². The number of aromatic nitrogens is 1. The van der Waals surface area contributed by atoms with Crippen LogP contribution in [0.3, 0.4) is 0 Å². The molecule has 2 aromatic carbocycles. The van der Waals surface area contributed by atoms with Crippen molar-refractivity contribution in [2.45, 2.75) is 26.4 Å². The molecule has 0 spiro atoms. The van der Waals surface area contributed by atoms with Crippen LogP contribution in [0.1, 0.15) is 17.5 Å². The molecule has 1 N–H and O–H groups in total. The van der Waals surface area contributed by atoms with E-state index in [1.54, 1.807) is 18.3 Å². The normalized spacial score (nSPS) is 12.1. The fraction of sp³-hybridized carbons (Fsp3) is 0.263. The topological polar surface area (TPSA) is 51.2 Å². The molecule has 1 aromatic heterocycles. The molecule has 5 heteroatoms. The lowest BCUT2D eigenvalue weighted by Gasteiger charge is -2.14. The van der Waals surface area contributed by atoms with Crippen molar-refractivity contribution in [3.8, 4) is 5.75 Å². The summed E-state index contributed by atoms with van der Waals surface area (Å²) in [4.78, 5) is 16.7. The number of hydrogen-bond donors (Lipinski definition) is 1. The first-order chi connectivity index (χ1) is 11.6. The predicted octanol–water partition coefficient (Wildman–Crippen LogP) is 3.73. The highest BCUT2D eigenvalue weighted by atomic mass is 32.1. The van der Waals surface area contributed by atoms with E-state index >= 15 is 0 Å². The number of aryl methyl sites for hydroxylation is 1. The Hall–Kier alpha value is -2.40. The van der Waals surface area contributed by atoms with Crippen LogP contribution in [0.25, 0.3) is 10.2 Å². The van der Waals surface area contributed by atoms with Gasteiger partial charge in [0.1, 0.15) is 5.75 Å². The largest absolute Gasteiger partial charge is 0.481 e. The van der Waals surface area contributed by atoms with Crippen LogP contribution in [-0.2, 0) is 11.2 Å². The number of nitrogens with one attached hydrogen (secondary N) is 1. The average molecular weight is 340 g/mol. The third-order valence-corrected chi connectivity index (χ3v) is 4.74. The molecule has 0 aliphatic carbocycles. The number of nitrogens with zero attached hydrogens (tertiary/aromatic N) is 1. The highest BCUT2D eigenvalue weighted by Gasteiger charge is 2.14. The van der Waals surface area contributed by atoms with Crippen LogP contribution in [0.5, 0.6) is 5.75 Å². The number of carbonyl (C=O) groups excluding carboxylic acids is 1. The van der Waals surface area contributed by atoms with Crippen LogP contribution in [0.15, 0.2) is 48.5 Å². The molecule has 4 nitrogen and oxygen atoms in total. The van der Waals surface area contributed by atoms with Crippen LogP contribution in [0.2, 0.25) is 0 Å². The Morgan fingerprint density at radius 3 is 2.88 bits per heavy atom. The Morgan fingerprint density at radius 2 is 2.08 bits per heavy atom. The smallest absolute Gasteiger partial charge is 0.260 e. The van der Waals surface area contributed by atoms with E-state index in [-0.39, 0.29) is 5.91 Å². The molecule has 1 atom stereocenters. The molecule has 0 aliphatic rings. The second kappa shape index (κ2) is 7.45. The monoisotopic (exact) mass is 340 g/mol. The van der Waals surface area contributed by atoms with Crippen molar-refractivity contribution in [3.63, 3.8) is 0 Å². The second-order valence-electron chi connectivity index (χ2n) is 5.69. The SMILES string of the molecule is Cc1cccc(OC(C)C(=O)NCCc2nc3ccccc3s2)c1. The van der Waals surface area contributed by atoms with E-state index < -0.39 is 6.10 Å². The molecule has 24 heavy (non-hydrogen) atoms. The molecule has 0 saturated carbocycles. The zero-order valence-electron chi connectivity index (χ0n) is 13.8. The number of rotatable bonds is 6. The lowest BCUT2D eigenvalue weighted by atomic mass is 10.2. The number of para-hydroxylation sites is 1. The Labute approximate surface area is 145 Å². The number of carbonyl (C=O) groups is 1. The quantitative estimate of drug-likeness (QED) is 0.744. The lowest BCUT2D eigenvalue weighted by Crippen LogP contribution is -2.37.